The monoisotopic (exact) mass is 423 g/mol. The van der Waals surface area contributed by atoms with Crippen LogP contribution in [0.1, 0.15) is 43.5 Å². The molecule has 0 radical (unpaired) electrons. The molecule has 10 heteroatoms. The summed E-state index contributed by atoms with van der Waals surface area (Å²) in [6, 6.07) is 2.56. The highest BCUT2D eigenvalue weighted by atomic mass is 19.1. The average Bonchev–Trinajstić information content (AvgIpc) is 3.17. The van der Waals surface area contributed by atoms with Crippen LogP contribution in [-0.2, 0) is 5.54 Å². The number of piperidine rings is 1. The molecule has 2 amide bonds. The molecule has 3 aromatic rings. The molecule has 1 aliphatic carbocycles. The van der Waals surface area contributed by atoms with Crippen LogP contribution in [0.5, 0.6) is 0 Å². The van der Waals surface area contributed by atoms with Crippen molar-refractivity contribution >= 4 is 11.7 Å². The van der Waals surface area contributed by atoms with Gasteiger partial charge in [0.15, 0.2) is 11.6 Å². The molecular weight excluding hydrogens is 401 g/mol. The summed E-state index contributed by atoms with van der Waals surface area (Å²) in [6.45, 7) is 5.66. The first kappa shape index (κ1) is 19.5. The van der Waals surface area contributed by atoms with Crippen molar-refractivity contribution in [3.63, 3.8) is 0 Å². The van der Waals surface area contributed by atoms with Crippen LogP contribution in [-0.4, -0.2) is 42.3 Å². The second-order valence-corrected chi connectivity index (χ2v) is 8.49. The normalized spacial score (nSPS) is 24.6. The lowest BCUT2D eigenvalue weighted by molar-refractivity contribution is -0.112. The second kappa shape index (κ2) is 7.07. The maximum absolute atomic E-state index is 14.7. The van der Waals surface area contributed by atoms with Gasteiger partial charge in [0.1, 0.15) is 11.4 Å². The van der Waals surface area contributed by atoms with Crippen LogP contribution in [0.4, 0.5) is 14.9 Å². The summed E-state index contributed by atoms with van der Waals surface area (Å²) in [7, 11) is 0. The predicted octanol–water partition coefficient (Wildman–Crippen LogP) is 3.61. The number of anilines is 1. The fourth-order valence-electron chi connectivity index (χ4n) is 4.99. The van der Waals surface area contributed by atoms with Gasteiger partial charge >= 0.3 is 6.03 Å². The molecule has 31 heavy (non-hydrogen) atoms. The third-order valence-corrected chi connectivity index (χ3v) is 6.18. The van der Waals surface area contributed by atoms with Gasteiger partial charge in [-0.3, -0.25) is 0 Å². The Morgan fingerprint density at radius 3 is 2.84 bits per heavy atom. The second-order valence-electron chi connectivity index (χ2n) is 8.49. The molecule has 5 rings (SSSR count). The number of fused-ring (bicyclic) bond motifs is 2. The van der Waals surface area contributed by atoms with Gasteiger partial charge in [-0.1, -0.05) is 12.1 Å². The number of hydrogen-bond acceptors (Lipinski definition) is 7. The predicted molar refractivity (Wildman–Crippen MR) is 108 cm³/mol. The number of amides is 2. The van der Waals surface area contributed by atoms with Crippen molar-refractivity contribution < 1.29 is 13.7 Å². The molecule has 2 aliphatic rings. The summed E-state index contributed by atoms with van der Waals surface area (Å²) >= 11 is 0. The lowest BCUT2D eigenvalue weighted by Crippen LogP contribution is -2.70. The summed E-state index contributed by atoms with van der Waals surface area (Å²) in [5.74, 6) is 1.22. The summed E-state index contributed by atoms with van der Waals surface area (Å²) in [5, 5.41) is 14.5. The first-order chi connectivity index (χ1) is 14.9. The van der Waals surface area contributed by atoms with Gasteiger partial charge in [0, 0.05) is 24.2 Å². The van der Waals surface area contributed by atoms with Crippen molar-refractivity contribution in [2.24, 2.45) is 5.92 Å². The zero-order valence-electron chi connectivity index (χ0n) is 17.5. The SMILES string of the molecule is Cc1noc([C@@]23C[C@@H](C)C[C@@H](C2)N3C(=O)Nc2cc(-c3nccnn3)c(C)cc2F)n1. The van der Waals surface area contributed by atoms with Crippen molar-refractivity contribution in [1.82, 2.24) is 30.2 Å². The molecular formula is C21H22FN7O2. The molecule has 9 nitrogen and oxygen atoms in total. The Kier molecular flexibility index (Phi) is 4.45. The van der Waals surface area contributed by atoms with Crippen LogP contribution in [0.3, 0.4) is 0 Å². The molecule has 0 spiro atoms. The molecule has 3 heterocycles. The molecule has 0 unspecified atom stereocenters. The van der Waals surface area contributed by atoms with Gasteiger partial charge in [-0.15, -0.1) is 5.10 Å². The maximum Gasteiger partial charge on any atom is 0.323 e. The first-order valence-corrected chi connectivity index (χ1v) is 10.2. The van der Waals surface area contributed by atoms with Gasteiger partial charge < -0.3 is 14.7 Å². The van der Waals surface area contributed by atoms with E-state index in [0.717, 1.165) is 19.3 Å². The fraction of sp³-hybridized carbons (Fsp3) is 0.429. The smallest absolute Gasteiger partial charge is 0.323 e. The highest BCUT2D eigenvalue weighted by molar-refractivity contribution is 5.92. The van der Waals surface area contributed by atoms with E-state index in [-0.39, 0.29) is 17.8 Å². The molecule has 1 aromatic carbocycles. The number of carbonyl (C=O) groups is 1. The van der Waals surface area contributed by atoms with E-state index >= 15 is 0 Å². The van der Waals surface area contributed by atoms with Gasteiger partial charge in [-0.25, -0.2) is 14.2 Å². The molecule has 3 atom stereocenters. The minimum atomic E-state index is -0.649. The zero-order chi connectivity index (χ0) is 21.8. The zero-order valence-corrected chi connectivity index (χ0v) is 17.5. The van der Waals surface area contributed by atoms with Gasteiger partial charge in [0.25, 0.3) is 5.89 Å². The summed E-state index contributed by atoms with van der Waals surface area (Å²) in [4.78, 5) is 23.6. The Bertz CT molecular complexity index is 1150. The van der Waals surface area contributed by atoms with Crippen molar-refractivity contribution in [3.05, 3.63) is 47.6 Å². The Labute approximate surface area is 178 Å². The third-order valence-electron chi connectivity index (χ3n) is 6.18. The number of rotatable bonds is 3. The number of nitrogens with zero attached hydrogens (tertiary/aromatic N) is 6. The van der Waals surface area contributed by atoms with Crippen LogP contribution in [0.25, 0.3) is 11.4 Å². The maximum atomic E-state index is 14.7. The van der Waals surface area contributed by atoms with E-state index in [1.165, 1.54) is 18.5 Å². The van der Waals surface area contributed by atoms with E-state index in [2.05, 4.69) is 37.6 Å². The molecule has 160 valence electrons. The number of aryl methyl sites for hydroxylation is 2. The number of halogens is 1. The van der Waals surface area contributed by atoms with Crippen molar-refractivity contribution in [1.29, 1.82) is 0 Å². The van der Waals surface area contributed by atoms with E-state index in [4.69, 9.17) is 4.52 Å². The standard InChI is InChI=1S/C21H22FN7O2/c1-11-6-14-10-21(9-11,19-25-13(3)28-31-19)29(14)20(30)26-17-8-15(12(2)7-16(17)22)18-23-4-5-24-27-18/h4-5,7-8,11,14H,6,9-10H2,1-3H3,(H,26,30)/t11-,14-,21+/m0/s1. The van der Waals surface area contributed by atoms with Gasteiger partial charge in [-0.05, 0) is 50.3 Å². The van der Waals surface area contributed by atoms with Crippen molar-refractivity contribution in [2.75, 3.05) is 5.32 Å². The molecule has 2 aromatic heterocycles. The molecule has 1 N–H and O–H groups in total. The van der Waals surface area contributed by atoms with E-state index < -0.39 is 11.4 Å². The van der Waals surface area contributed by atoms with E-state index in [1.54, 1.807) is 24.8 Å². The number of hydrogen-bond donors (Lipinski definition) is 1. The van der Waals surface area contributed by atoms with Crippen molar-refractivity contribution in [3.8, 4) is 11.4 Å². The van der Waals surface area contributed by atoms with Crippen LogP contribution in [0, 0.1) is 25.6 Å². The van der Waals surface area contributed by atoms with E-state index in [1.807, 2.05) is 0 Å². The highest BCUT2D eigenvalue weighted by Gasteiger charge is 2.62. The Morgan fingerprint density at radius 1 is 1.29 bits per heavy atom. The number of aromatic nitrogens is 5. The van der Waals surface area contributed by atoms with Crippen LogP contribution < -0.4 is 5.32 Å². The Hall–Kier alpha value is -3.43. The molecule has 2 bridgehead atoms. The Balaban J connectivity index is 1.46. The van der Waals surface area contributed by atoms with E-state index in [0.29, 0.717) is 34.6 Å². The van der Waals surface area contributed by atoms with E-state index in [9.17, 15) is 9.18 Å². The van der Waals surface area contributed by atoms with Gasteiger partial charge in [0.2, 0.25) is 0 Å². The summed E-state index contributed by atoms with van der Waals surface area (Å²) in [6.07, 6.45) is 5.35. The first-order valence-electron chi connectivity index (χ1n) is 10.2. The fourth-order valence-corrected chi connectivity index (χ4v) is 4.99. The molecule has 1 saturated heterocycles. The largest absolute Gasteiger partial charge is 0.337 e. The molecule has 1 saturated carbocycles. The lowest BCUT2D eigenvalue weighted by atomic mass is 9.64. The molecule has 1 aliphatic heterocycles. The number of carbonyl (C=O) groups excluding carboxylic acids is 1. The number of urea groups is 1. The minimum Gasteiger partial charge on any atom is -0.337 e. The lowest BCUT2D eigenvalue weighted by Gasteiger charge is -2.61. The topological polar surface area (TPSA) is 110 Å². The van der Waals surface area contributed by atoms with Gasteiger partial charge in [0.05, 0.1) is 11.9 Å². The molecule has 2 fully saturated rings. The summed E-state index contributed by atoms with van der Waals surface area (Å²) in [5.41, 5.74) is 0.665. The summed E-state index contributed by atoms with van der Waals surface area (Å²) < 4.78 is 20.2. The van der Waals surface area contributed by atoms with Crippen LogP contribution >= 0.6 is 0 Å². The third kappa shape index (κ3) is 3.13. The average molecular weight is 423 g/mol. The Morgan fingerprint density at radius 2 is 2.13 bits per heavy atom. The van der Waals surface area contributed by atoms with Crippen molar-refractivity contribution in [2.45, 2.75) is 51.6 Å². The number of likely N-dealkylation sites (tertiary alicyclic amines) is 1. The highest BCUT2D eigenvalue weighted by Crippen LogP contribution is 2.55. The van der Waals surface area contributed by atoms with Crippen LogP contribution in [0.15, 0.2) is 29.0 Å². The number of nitrogens with one attached hydrogen (secondary N) is 1. The number of benzene rings is 1. The van der Waals surface area contributed by atoms with Crippen LogP contribution in [0.2, 0.25) is 0 Å². The minimum absolute atomic E-state index is 0.0468. The van der Waals surface area contributed by atoms with Gasteiger partial charge in [-0.2, -0.15) is 10.1 Å². The quantitative estimate of drug-likeness (QED) is 0.685.